The van der Waals surface area contributed by atoms with Gasteiger partial charge in [-0.3, -0.25) is 0 Å². The molecule has 5 rings (SSSR count). The molecular formula is C23H25BrN4O5S. The third-order valence-electron chi connectivity index (χ3n) is 6.45. The topological polar surface area (TPSA) is 121 Å². The summed E-state index contributed by atoms with van der Waals surface area (Å²) in [6.07, 6.45) is 1.67. The van der Waals surface area contributed by atoms with Gasteiger partial charge in [-0.1, -0.05) is 40.2 Å². The number of fused-ring (bicyclic) bond motifs is 1. The quantitative estimate of drug-likeness (QED) is 0.466. The molecule has 2 atom stereocenters. The van der Waals surface area contributed by atoms with Crippen LogP contribution in [0.2, 0.25) is 0 Å². The van der Waals surface area contributed by atoms with Crippen LogP contribution in [0, 0.1) is 0 Å². The third-order valence-corrected chi connectivity index (χ3v) is 8.98. The van der Waals surface area contributed by atoms with Gasteiger partial charge in [-0.2, -0.15) is 4.31 Å². The third kappa shape index (κ3) is 3.90. The number of halogens is 1. The summed E-state index contributed by atoms with van der Waals surface area (Å²) in [7, 11) is -0.925. The van der Waals surface area contributed by atoms with Gasteiger partial charge in [0.25, 0.3) is 0 Å². The van der Waals surface area contributed by atoms with Gasteiger partial charge in [-0.05, 0) is 42.5 Å². The standard InChI is InChI=1S/C23H25BrN4O5S/c1-31-19-8-7-17(10-20(19)32-2)34(29,30)28-13-16(24)9-18(28)21-26-27-22(33-21)23(25)11-14-5-3-4-6-15(14)12-23/h3-8,10,16,18H,9,11-13,25H2,1-2H3. The maximum Gasteiger partial charge on any atom is 0.243 e. The number of sulfonamides is 1. The number of ether oxygens (including phenoxy) is 2. The van der Waals surface area contributed by atoms with E-state index in [2.05, 4.69) is 26.1 Å². The molecule has 3 aromatic rings. The fourth-order valence-electron chi connectivity index (χ4n) is 4.73. The van der Waals surface area contributed by atoms with Crippen molar-refractivity contribution >= 4 is 26.0 Å². The van der Waals surface area contributed by atoms with Crippen molar-refractivity contribution in [2.24, 2.45) is 5.73 Å². The second-order valence-electron chi connectivity index (χ2n) is 8.66. The Morgan fingerprint density at radius 1 is 1.09 bits per heavy atom. The van der Waals surface area contributed by atoms with E-state index in [1.165, 1.54) is 30.7 Å². The number of methoxy groups -OCH3 is 2. The van der Waals surface area contributed by atoms with Crippen LogP contribution in [0.5, 0.6) is 11.5 Å². The predicted molar refractivity (Wildman–Crippen MR) is 128 cm³/mol. The van der Waals surface area contributed by atoms with Gasteiger partial charge in [0, 0.05) is 17.4 Å². The summed E-state index contributed by atoms with van der Waals surface area (Å²) in [6, 6.07) is 12.0. The van der Waals surface area contributed by atoms with E-state index in [4.69, 9.17) is 19.6 Å². The van der Waals surface area contributed by atoms with E-state index in [0.717, 1.165) is 11.1 Å². The highest BCUT2D eigenvalue weighted by atomic mass is 79.9. The Morgan fingerprint density at radius 2 is 1.76 bits per heavy atom. The lowest BCUT2D eigenvalue weighted by Crippen LogP contribution is -2.38. The maximum absolute atomic E-state index is 13.6. The zero-order valence-electron chi connectivity index (χ0n) is 18.8. The highest BCUT2D eigenvalue weighted by Gasteiger charge is 2.45. The van der Waals surface area contributed by atoms with Gasteiger partial charge in [0.05, 0.1) is 19.1 Å². The van der Waals surface area contributed by atoms with Crippen LogP contribution in [0.4, 0.5) is 0 Å². The molecule has 0 radical (unpaired) electrons. The van der Waals surface area contributed by atoms with Gasteiger partial charge in [-0.25, -0.2) is 8.42 Å². The number of hydrogen-bond acceptors (Lipinski definition) is 8. The van der Waals surface area contributed by atoms with Crippen molar-refractivity contribution in [2.45, 2.75) is 40.6 Å². The van der Waals surface area contributed by atoms with Gasteiger partial charge in [0.1, 0.15) is 11.6 Å². The molecule has 1 fully saturated rings. The van der Waals surface area contributed by atoms with E-state index < -0.39 is 21.6 Å². The Bertz CT molecular complexity index is 1300. The van der Waals surface area contributed by atoms with Gasteiger partial charge in [-0.15, -0.1) is 10.2 Å². The normalized spacial score (nSPS) is 22.0. The van der Waals surface area contributed by atoms with Crippen LogP contribution in [-0.2, 0) is 28.4 Å². The molecule has 2 N–H and O–H groups in total. The lowest BCUT2D eigenvalue weighted by atomic mass is 9.97. The summed E-state index contributed by atoms with van der Waals surface area (Å²) < 4.78 is 45.2. The molecule has 9 nitrogen and oxygen atoms in total. The van der Waals surface area contributed by atoms with E-state index in [1.54, 1.807) is 6.07 Å². The van der Waals surface area contributed by atoms with E-state index in [0.29, 0.717) is 36.7 Å². The Labute approximate surface area is 206 Å². The smallest absolute Gasteiger partial charge is 0.243 e. The van der Waals surface area contributed by atoms with Gasteiger partial charge < -0.3 is 19.6 Å². The SMILES string of the molecule is COc1ccc(S(=O)(=O)N2CC(Br)CC2c2nnc(C3(N)Cc4ccccc4C3)o2)cc1OC. The Morgan fingerprint density at radius 3 is 2.41 bits per heavy atom. The largest absolute Gasteiger partial charge is 0.493 e. The monoisotopic (exact) mass is 548 g/mol. The van der Waals surface area contributed by atoms with Crippen molar-refractivity contribution in [3.63, 3.8) is 0 Å². The molecule has 1 aliphatic heterocycles. The number of nitrogens with zero attached hydrogens (tertiary/aromatic N) is 3. The average molecular weight is 549 g/mol. The van der Waals surface area contributed by atoms with Crippen LogP contribution in [0.1, 0.15) is 35.4 Å². The number of benzene rings is 2. The van der Waals surface area contributed by atoms with Crippen LogP contribution in [0.25, 0.3) is 0 Å². The molecule has 1 aliphatic carbocycles. The molecule has 1 saturated heterocycles. The summed E-state index contributed by atoms with van der Waals surface area (Å²) in [4.78, 5) is 0.0309. The molecule has 2 aliphatic rings. The number of nitrogens with two attached hydrogens (primary N) is 1. The Kier molecular flexibility index (Phi) is 5.91. The summed E-state index contributed by atoms with van der Waals surface area (Å²) in [5, 5.41) is 8.48. The second kappa shape index (κ2) is 8.63. The highest BCUT2D eigenvalue weighted by Crippen LogP contribution is 2.42. The van der Waals surface area contributed by atoms with Crippen LogP contribution >= 0.6 is 15.9 Å². The minimum absolute atomic E-state index is 0.0645. The van der Waals surface area contributed by atoms with Crippen molar-refractivity contribution in [1.29, 1.82) is 0 Å². The van der Waals surface area contributed by atoms with Crippen molar-refractivity contribution in [2.75, 3.05) is 20.8 Å². The molecule has 1 aromatic heterocycles. The number of hydrogen-bond donors (Lipinski definition) is 1. The van der Waals surface area contributed by atoms with E-state index >= 15 is 0 Å². The number of aromatic nitrogens is 2. The second-order valence-corrected chi connectivity index (χ2v) is 11.8. The first kappa shape index (κ1) is 23.3. The summed E-state index contributed by atoms with van der Waals surface area (Å²) in [6.45, 7) is 0.262. The van der Waals surface area contributed by atoms with E-state index in [-0.39, 0.29) is 22.2 Å². The Hall–Kier alpha value is -2.47. The molecule has 2 heterocycles. The van der Waals surface area contributed by atoms with Crippen molar-refractivity contribution in [1.82, 2.24) is 14.5 Å². The molecule has 0 saturated carbocycles. The fraction of sp³-hybridized carbons (Fsp3) is 0.391. The summed E-state index contributed by atoms with van der Waals surface area (Å²) in [5.41, 5.74) is 8.18. The predicted octanol–water partition coefficient (Wildman–Crippen LogP) is 2.94. The maximum atomic E-state index is 13.6. The van der Waals surface area contributed by atoms with Gasteiger partial charge in [0.15, 0.2) is 11.5 Å². The lowest BCUT2D eigenvalue weighted by Gasteiger charge is -2.22. The molecule has 180 valence electrons. The molecule has 2 unspecified atom stereocenters. The number of rotatable bonds is 6. The summed E-state index contributed by atoms with van der Waals surface area (Å²) in [5.74, 6) is 1.34. The summed E-state index contributed by atoms with van der Waals surface area (Å²) >= 11 is 3.57. The highest BCUT2D eigenvalue weighted by molar-refractivity contribution is 9.09. The van der Waals surface area contributed by atoms with Crippen LogP contribution < -0.4 is 15.2 Å². The molecule has 0 amide bonds. The number of alkyl halides is 1. The molecule has 0 spiro atoms. The van der Waals surface area contributed by atoms with Gasteiger partial charge >= 0.3 is 0 Å². The molecule has 0 bridgehead atoms. The van der Waals surface area contributed by atoms with Crippen LogP contribution in [0.15, 0.2) is 51.8 Å². The fourth-order valence-corrected chi connectivity index (χ4v) is 7.24. The van der Waals surface area contributed by atoms with E-state index in [9.17, 15) is 8.42 Å². The van der Waals surface area contributed by atoms with Crippen molar-refractivity contribution in [3.8, 4) is 11.5 Å². The van der Waals surface area contributed by atoms with Crippen LogP contribution in [-0.4, -0.2) is 48.5 Å². The molecule has 11 heteroatoms. The minimum atomic E-state index is -3.89. The first-order valence-electron chi connectivity index (χ1n) is 10.8. The minimum Gasteiger partial charge on any atom is -0.493 e. The zero-order chi connectivity index (χ0) is 24.1. The molecular weight excluding hydrogens is 524 g/mol. The van der Waals surface area contributed by atoms with E-state index in [1.807, 2.05) is 24.3 Å². The lowest BCUT2D eigenvalue weighted by molar-refractivity contribution is 0.284. The Balaban J connectivity index is 1.45. The van der Waals surface area contributed by atoms with Gasteiger partial charge in [0.2, 0.25) is 21.8 Å². The molecule has 34 heavy (non-hydrogen) atoms. The molecule has 2 aromatic carbocycles. The first-order valence-corrected chi connectivity index (χ1v) is 13.2. The first-order chi connectivity index (χ1) is 16.2. The van der Waals surface area contributed by atoms with Crippen LogP contribution in [0.3, 0.4) is 0 Å². The average Bonchev–Trinajstić information content (AvgIpc) is 3.55. The van der Waals surface area contributed by atoms with Crippen molar-refractivity contribution in [3.05, 3.63) is 65.4 Å². The zero-order valence-corrected chi connectivity index (χ0v) is 21.2. The van der Waals surface area contributed by atoms with Crippen molar-refractivity contribution < 1.29 is 22.3 Å².